The first-order chi connectivity index (χ1) is 15.9. The van der Waals surface area contributed by atoms with E-state index in [1.165, 1.54) is 18.2 Å². The van der Waals surface area contributed by atoms with Crippen molar-refractivity contribution in [1.82, 2.24) is 14.7 Å². The van der Waals surface area contributed by atoms with E-state index >= 15 is 0 Å². The lowest BCUT2D eigenvalue weighted by Gasteiger charge is -2.13. The number of ether oxygens (including phenoxy) is 1. The van der Waals surface area contributed by atoms with Crippen molar-refractivity contribution in [2.75, 3.05) is 18.5 Å². The number of rotatable bonds is 7. The molecule has 4 N–H and O–H groups in total. The van der Waals surface area contributed by atoms with Gasteiger partial charge < -0.3 is 24.8 Å². The SMILES string of the molecule is Cn1c(C(=O)Nc2ccc(C#N)cc2-c2noc(=O)[nH]2)cc2cccc(OC[C@@H](O)CO)c21. The lowest BCUT2D eigenvalue weighted by molar-refractivity contribution is 0.0540. The van der Waals surface area contributed by atoms with Crippen LogP contribution in [0.15, 0.2) is 51.8 Å². The standard InChI is InChI=1S/C22H19N5O6/c1-27-17(8-13-3-2-4-18(19(13)27)32-11-14(29)10-28)21(30)24-16-6-5-12(9-23)7-15(16)20-25-22(31)33-26-20/h2-8,14,28-29H,10-11H2,1H3,(H,24,30)(H,25,26,31)/t14-/m0/s1. The van der Waals surface area contributed by atoms with Crippen molar-refractivity contribution in [3.8, 4) is 23.2 Å². The van der Waals surface area contributed by atoms with Gasteiger partial charge in [0.2, 0.25) is 0 Å². The van der Waals surface area contributed by atoms with Crippen LogP contribution in [-0.4, -0.2) is 50.1 Å². The number of aliphatic hydroxyl groups is 2. The van der Waals surface area contributed by atoms with Crippen molar-refractivity contribution in [2.24, 2.45) is 7.05 Å². The van der Waals surface area contributed by atoms with Crippen LogP contribution in [0.1, 0.15) is 16.1 Å². The number of aryl methyl sites for hydroxylation is 1. The van der Waals surface area contributed by atoms with E-state index in [4.69, 9.17) is 9.84 Å². The number of hydrogen-bond acceptors (Lipinski definition) is 8. The molecule has 0 bridgehead atoms. The Kier molecular flexibility index (Phi) is 5.95. The summed E-state index contributed by atoms with van der Waals surface area (Å²) in [6, 6.07) is 13.5. The number of hydrogen-bond donors (Lipinski definition) is 4. The molecule has 1 atom stereocenters. The van der Waals surface area contributed by atoms with Crippen LogP contribution in [0.5, 0.6) is 5.75 Å². The highest BCUT2D eigenvalue weighted by molar-refractivity contribution is 6.08. The van der Waals surface area contributed by atoms with Crippen LogP contribution < -0.4 is 15.8 Å². The second kappa shape index (κ2) is 8.99. The molecule has 2 heterocycles. The normalized spacial score (nSPS) is 11.8. The molecule has 0 spiro atoms. The van der Waals surface area contributed by atoms with E-state index in [0.29, 0.717) is 33.8 Å². The van der Waals surface area contributed by atoms with Crippen molar-refractivity contribution < 1.29 is 24.3 Å². The lowest BCUT2D eigenvalue weighted by Crippen LogP contribution is -2.21. The first-order valence-electron chi connectivity index (χ1n) is 9.83. The van der Waals surface area contributed by atoms with Gasteiger partial charge in [0.1, 0.15) is 24.2 Å². The minimum Gasteiger partial charge on any atom is -0.489 e. The van der Waals surface area contributed by atoms with Crippen molar-refractivity contribution in [3.05, 3.63) is 64.3 Å². The zero-order valence-corrected chi connectivity index (χ0v) is 17.4. The third-order valence-corrected chi connectivity index (χ3v) is 4.99. The fourth-order valence-electron chi connectivity index (χ4n) is 3.40. The number of nitriles is 1. The third kappa shape index (κ3) is 4.33. The Morgan fingerprint density at radius 3 is 2.88 bits per heavy atom. The Labute approximate surface area is 186 Å². The third-order valence-electron chi connectivity index (χ3n) is 4.99. The summed E-state index contributed by atoms with van der Waals surface area (Å²) in [7, 11) is 1.70. The fourth-order valence-corrected chi connectivity index (χ4v) is 3.40. The Morgan fingerprint density at radius 2 is 2.18 bits per heavy atom. The Balaban J connectivity index is 1.69. The van der Waals surface area contributed by atoms with E-state index in [-0.39, 0.29) is 12.4 Å². The number of amides is 1. The molecular formula is C22H19N5O6. The molecule has 0 aliphatic carbocycles. The molecule has 11 heteroatoms. The second-order valence-electron chi connectivity index (χ2n) is 7.20. The Hall–Kier alpha value is -4.40. The number of para-hydroxylation sites is 1. The molecule has 0 aliphatic heterocycles. The number of benzene rings is 2. The summed E-state index contributed by atoms with van der Waals surface area (Å²) in [6.07, 6.45) is -1.03. The Bertz CT molecular complexity index is 1430. The first-order valence-corrected chi connectivity index (χ1v) is 9.83. The highest BCUT2D eigenvalue weighted by Gasteiger charge is 2.19. The van der Waals surface area contributed by atoms with Crippen LogP contribution >= 0.6 is 0 Å². The average molecular weight is 449 g/mol. The highest BCUT2D eigenvalue weighted by atomic mass is 16.5. The summed E-state index contributed by atoms with van der Waals surface area (Å²) < 4.78 is 11.8. The maximum absolute atomic E-state index is 13.1. The second-order valence-corrected chi connectivity index (χ2v) is 7.20. The lowest BCUT2D eigenvalue weighted by atomic mass is 10.1. The van der Waals surface area contributed by atoms with E-state index in [9.17, 15) is 20.0 Å². The summed E-state index contributed by atoms with van der Waals surface area (Å²) in [4.78, 5) is 26.9. The number of H-pyrrole nitrogens is 1. The molecule has 0 fully saturated rings. The molecular weight excluding hydrogens is 430 g/mol. The summed E-state index contributed by atoms with van der Waals surface area (Å²) in [5.41, 5.74) is 1.88. The molecule has 33 heavy (non-hydrogen) atoms. The molecule has 2 aromatic carbocycles. The predicted octanol–water partition coefficient (Wildman–Crippen LogP) is 1.38. The predicted molar refractivity (Wildman–Crippen MR) is 117 cm³/mol. The molecule has 0 radical (unpaired) electrons. The number of fused-ring (bicyclic) bond motifs is 1. The number of nitrogens with zero attached hydrogens (tertiary/aromatic N) is 3. The van der Waals surface area contributed by atoms with Gasteiger partial charge in [0.15, 0.2) is 5.82 Å². The van der Waals surface area contributed by atoms with Gasteiger partial charge in [-0.05, 0) is 30.3 Å². The molecule has 0 unspecified atom stereocenters. The van der Waals surface area contributed by atoms with Crippen molar-refractivity contribution >= 4 is 22.5 Å². The van der Waals surface area contributed by atoms with Gasteiger partial charge in [-0.3, -0.25) is 14.3 Å². The summed E-state index contributed by atoms with van der Waals surface area (Å²) in [6.45, 7) is -0.534. The van der Waals surface area contributed by atoms with Gasteiger partial charge in [-0.15, -0.1) is 0 Å². The summed E-state index contributed by atoms with van der Waals surface area (Å²) >= 11 is 0. The van der Waals surface area contributed by atoms with E-state index < -0.39 is 24.4 Å². The topological polar surface area (TPSA) is 166 Å². The molecule has 11 nitrogen and oxygen atoms in total. The molecule has 2 aromatic heterocycles. The van der Waals surface area contributed by atoms with Crippen LogP contribution in [0.25, 0.3) is 22.3 Å². The van der Waals surface area contributed by atoms with Gasteiger partial charge in [-0.25, -0.2) is 4.79 Å². The number of aromatic amines is 1. The quantitative estimate of drug-likeness (QED) is 0.328. The fraction of sp³-hybridized carbons (Fsp3) is 0.182. The number of aromatic nitrogens is 3. The minimum atomic E-state index is -1.03. The number of aliphatic hydroxyl groups excluding tert-OH is 2. The van der Waals surface area contributed by atoms with Gasteiger partial charge in [0.25, 0.3) is 5.91 Å². The van der Waals surface area contributed by atoms with E-state index in [2.05, 4.69) is 20.0 Å². The van der Waals surface area contributed by atoms with E-state index in [0.717, 1.165) is 5.39 Å². The smallest absolute Gasteiger partial charge is 0.439 e. The van der Waals surface area contributed by atoms with E-state index in [1.54, 1.807) is 29.8 Å². The number of nitrogens with one attached hydrogen (secondary N) is 2. The number of carbonyl (C=O) groups is 1. The van der Waals surface area contributed by atoms with E-state index in [1.807, 2.05) is 12.1 Å². The molecule has 4 rings (SSSR count). The van der Waals surface area contributed by atoms with Crippen molar-refractivity contribution in [1.29, 1.82) is 5.26 Å². The molecule has 0 saturated heterocycles. The van der Waals surface area contributed by atoms with Crippen LogP contribution in [0.4, 0.5) is 5.69 Å². The minimum absolute atomic E-state index is 0.0718. The van der Waals surface area contributed by atoms with Crippen LogP contribution in [0, 0.1) is 11.3 Å². The van der Waals surface area contributed by atoms with Gasteiger partial charge in [-0.1, -0.05) is 17.3 Å². The molecule has 168 valence electrons. The average Bonchev–Trinajstić information content (AvgIpc) is 3.41. The Morgan fingerprint density at radius 1 is 1.36 bits per heavy atom. The first kappa shape index (κ1) is 21.8. The van der Waals surface area contributed by atoms with Crippen LogP contribution in [0.3, 0.4) is 0 Å². The van der Waals surface area contributed by atoms with Crippen LogP contribution in [-0.2, 0) is 7.05 Å². The van der Waals surface area contributed by atoms with Crippen molar-refractivity contribution in [3.63, 3.8) is 0 Å². The van der Waals surface area contributed by atoms with Gasteiger partial charge >= 0.3 is 5.76 Å². The maximum Gasteiger partial charge on any atom is 0.439 e. The highest BCUT2D eigenvalue weighted by Crippen LogP contribution is 2.30. The maximum atomic E-state index is 13.1. The molecule has 0 saturated carbocycles. The van der Waals surface area contributed by atoms with Gasteiger partial charge in [0.05, 0.1) is 29.4 Å². The largest absolute Gasteiger partial charge is 0.489 e. The van der Waals surface area contributed by atoms with Gasteiger partial charge in [-0.2, -0.15) is 5.26 Å². The van der Waals surface area contributed by atoms with Crippen molar-refractivity contribution in [2.45, 2.75) is 6.10 Å². The monoisotopic (exact) mass is 449 g/mol. The van der Waals surface area contributed by atoms with Crippen LogP contribution in [0.2, 0.25) is 0 Å². The molecule has 0 aliphatic rings. The molecule has 4 aromatic rings. The van der Waals surface area contributed by atoms with Gasteiger partial charge in [0, 0.05) is 18.0 Å². The number of anilines is 1. The molecule has 1 amide bonds. The number of carbonyl (C=O) groups excluding carboxylic acids is 1. The zero-order valence-electron chi connectivity index (χ0n) is 17.4. The summed E-state index contributed by atoms with van der Waals surface area (Å²) in [5.74, 6) is -0.702. The summed E-state index contributed by atoms with van der Waals surface area (Å²) in [5, 5.41) is 34.9. The zero-order chi connectivity index (χ0) is 23.5.